The van der Waals surface area contributed by atoms with Gasteiger partial charge in [-0.25, -0.2) is 0 Å². The van der Waals surface area contributed by atoms with Crippen LogP contribution in [0.5, 0.6) is 0 Å². The highest BCUT2D eigenvalue weighted by atomic mass is 16.3. The predicted molar refractivity (Wildman–Crippen MR) is 68.1 cm³/mol. The molecule has 1 N–H and O–H groups in total. The molecule has 0 spiro atoms. The maximum absolute atomic E-state index is 5.62. The van der Waals surface area contributed by atoms with E-state index in [2.05, 4.69) is 49.5 Å². The summed E-state index contributed by atoms with van der Waals surface area (Å²) in [6.07, 6.45) is 1.80. The number of nitrogens with one attached hydrogen (secondary N) is 1. The van der Waals surface area contributed by atoms with Crippen molar-refractivity contribution in [1.82, 2.24) is 5.32 Å². The monoisotopic (exact) mass is 227 g/mol. The van der Waals surface area contributed by atoms with Gasteiger partial charge in [-0.1, -0.05) is 31.2 Å². The van der Waals surface area contributed by atoms with Crippen molar-refractivity contribution in [3.05, 3.63) is 59.0 Å². The second-order valence-electron chi connectivity index (χ2n) is 4.84. The van der Waals surface area contributed by atoms with Gasteiger partial charge in [0.15, 0.2) is 0 Å². The number of hydrogen-bond acceptors (Lipinski definition) is 2. The molecule has 0 bridgehead atoms. The summed E-state index contributed by atoms with van der Waals surface area (Å²) < 4.78 is 5.62. The largest absolute Gasteiger partial charge is 0.469 e. The van der Waals surface area contributed by atoms with Gasteiger partial charge in [0.1, 0.15) is 5.76 Å². The molecule has 1 aliphatic rings. The molecule has 3 rings (SSSR count). The standard InChI is InChI=1S/C15H17NO/c1-10-5-3-4-6-12(10)14-13-7-8-17-15(13)11(2)9-16-14/h3-8,11,14,16H,9H2,1-2H3. The van der Waals surface area contributed by atoms with Gasteiger partial charge in [-0.3, -0.25) is 0 Å². The van der Waals surface area contributed by atoms with E-state index in [9.17, 15) is 0 Å². The van der Waals surface area contributed by atoms with Crippen molar-refractivity contribution >= 4 is 0 Å². The van der Waals surface area contributed by atoms with E-state index >= 15 is 0 Å². The molecule has 0 saturated heterocycles. The van der Waals surface area contributed by atoms with Crippen LogP contribution in [-0.2, 0) is 0 Å². The summed E-state index contributed by atoms with van der Waals surface area (Å²) in [4.78, 5) is 0. The molecule has 2 aromatic rings. The average Bonchev–Trinajstić information content (AvgIpc) is 2.81. The van der Waals surface area contributed by atoms with Crippen LogP contribution >= 0.6 is 0 Å². The summed E-state index contributed by atoms with van der Waals surface area (Å²) in [5, 5.41) is 3.61. The van der Waals surface area contributed by atoms with Gasteiger partial charge in [0.2, 0.25) is 0 Å². The minimum absolute atomic E-state index is 0.279. The smallest absolute Gasteiger partial charge is 0.112 e. The van der Waals surface area contributed by atoms with Crippen LogP contribution in [0.3, 0.4) is 0 Å². The molecular weight excluding hydrogens is 210 g/mol. The summed E-state index contributed by atoms with van der Waals surface area (Å²) in [5.74, 6) is 1.59. The minimum Gasteiger partial charge on any atom is -0.469 e. The van der Waals surface area contributed by atoms with Crippen molar-refractivity contribution in [2.24, 2.45) is 0 Å². The molecule has 88 valence electrons. The third-order valence-corrected chi connectivity index (χ3v) is 3.61. The van der Waals surface area contributed by atoms with Gasteiger partial charge < -0.3 is 9.73 Å². The van der Waals surface area contributed by atoms with Crippen LogP contribution in [0.15, 0.2) is 41.0 Å². The Labute approximate surface area is 102 Å². The molecule has 1 aliphatic heterocycles. The molecule has 1 aromatic heterocycles. The van der Waals surface area contributed by atoms with E-state index in [1.165, 1.54) is 16.7 Å². The van der Waals surface area contributed by atoms with E-state index in [-0.39, 0.29) is 6.04 Å². The van der Waals surface area contributed by atoms with Crippen molar-refractivity contribution in [3.8, 4) is 0 Å². The van der Waals surface area contributed by atoms with Gasteiger partial charge in [0.25, 0.3) is 0 Å². The van der Waals surface area contributed by atoms with Crippen molar-refractivity contribution in [2.45, 2.75) is 25.8 Å². The van der Waals surface area contributed by atoms with Crippen LogP contribution in [0.1, 0.15) is 41.3 Å². The second-order valence-corrected chi connectivity index (χ2v) is 4.84. The molecule has 0 saturated carbocycles. The van der Waals surface area contributed by atoms with Crippen LogP contribution in [0.4, 0.5) is 0 Å². The molecule has 2 heteroatoms. The van der Waals surface area contributed by atoms with E-state index in [0.29, 0.717) is 5.92 Å². The Bertz CT molecular complexity index is 529. The van der Waals surface area contributed by atoms with E-state index in [1.807, 2.05) is 0 Å². The molecule has 0 fully saturated rings. The highest BCUT2D eigenvalue weighted by molar-refractivity contribution is 5.40. The number of benzene rings is 1. The number of fused-ring (bicyclic) bond motifs is 1. The molecule has 0 amide bonds. The molecule has 2 nitrogen and oxygen atoms in total. The molecule has 1 aromatic carbocycles. The Morgan fingerprint density at radius 3 is 2.82 bits per heavy atom. The zero-order chi connectivity index (χ0) is 11.8. The maximum Gasteiger partial charge on any atom is 0.112 e. The van der Waals surface area contributed by atoms with Gasteiger partial charge in [0, 0.05) is 18.0 Å². The van der Waals surface area contributed by atoms with Crippen molar-refractivity contribution in [3.63, 3.8) is 0 Å². The van der Waals surface area contributed by atoms with Gasteiger partial charge in [-0.05, 0) is 24.1 Å². The van der Waals surface area contributed by atoms with Gasteiger partial charge in [0.05, 0.1) is 12.3 Å². The molecular formula is C15H17NO. The van der Waals surface area contributed by atoms with E-state index < -0.39 is 0 Å². The van der Waals surface area contributed by atoms with Crippen molar-refractivity contribution < 1.29 is 4.42 Å². The molecule has 0 radical (unpaired) electrons. The maximum atomic E-state index is 5.62. The van der Waals surface area contributed by atoms with Gasteiger partial charge in [-0.15, -0.1) is 0 Å². The molecule has 0 aliphatic carbocycles. The lowest BCUT2D eigenvalue weighted by molar-refractivity contribution is 0.413. The summed E-state index contributed by atoms with van der Waals surface area (Å²) in [6.45, 7) is 5.33. The number of aryl methyl sites for hydroxylation is 1. The first kappa shape index (κ1) is 10.6. The molecule has 2 atom stereocenters. The molecule has 17 heavy (non-hydrogen) atoms. The molecule has 2 heterocycles. The minimum atomic E-state index is 0.279. The zero-order valence-corrected chi connectivity index (χ0v) is 10.2. The first-order chi connectivity index (χ1) is 8.27. The van der Waals surface area contributed by atoms with Crippen LogP contribution in [0, 0.1) is 6.92 Å². The summed E-state index contributed by atoms with van der Waals surface area (Å²) >= 11 is 0. The van der Waals surface area contributed by atoms with Gasteiger partial charge >= 0.3 is 0 Å². The topological polar surface area (TPSA) is 25.2 Å². The Morgan fingerprint density at radius 2 is 2.00 bits per heavy atom. The SMILES string of the molecule is Cc1ccccc1C1NCC(C)c2occc21. The third-order valence-electron chi connectivity index (χ3n) is 3.61. The average molecular weight is 227 g/mol. The lowest BCUT2D eigenvalue weighted by atomic mass is 9.89. The third kappa shape index (κ3) is 1.69. The highest BCUT2D eigenvalue weighted by Crippen LogP contribution is 2.35. The number of rotatable bonds is 1. The predicted octanol–water partition coefficient (Wildman–Crippen LogP) is 3.38. The van der Waals surface area contributed by atoms with Gasteiger partial charge in [-0.2, -0.15) is 0 Å². The summed E-state index contributed by atoms with van der Waals surface area (Å²) in [5.41, 5.74) is 3.96. The highest BCUT2D eigenvalue weighted by Gasteiger charge is 2.28. The zero-order valence-electron chi connectivity index (χ0n) is 10.2. The quantitative estimate of drug-likeness (QED) is 0.808. The Balaban J connectivity index is 2.08. The lowest BCUT2D eigenvalue weighted by Crippen LogP contribution is -2.32. The van der Waals surface area contributed by atoms with Crippen LogP contribution < -0.4 is 5.32 Å². The molecule has 2 unspecified atom stereocenters. The first-order valence-electron chi connectivity index (χ1n) is 6.13. The first-order valence-corrected chi connectivity index (χ1v) is 6.13. The summed E-state index contributed by atoms with van der Waals surface area (Å²) in [7, 11) is 0. The second kappa shape index (κ2) is 4.04. The van der Waals surface area contributed by atoms with Crippen LogP contribution in [0.2, 0.25) is 0 Å². The lowest BCUT2D eigenvalue weighted by Gasteiger charge is -2.28. The van der Waals surface area contributed by atoms with E-state index in [0.717, 1.165) is 12.3 Å². The Morgan fingerprint density at radius 1 is 1.18 bits per heavy atom. The number of hydrogen-bond donors (Lipinski definition) is 1. The fraction of sp³-hybridized carbons (Fsp3) is 0.333. The van der Waals surface area contributed by atoms with Crippen LogP contribution in [-0.4, -0.2) is 6.54 Å². The van der Waals surface area contributed by atoms with E-state index in [1.54, 1.807) is 6.26 Å². The fourth-order valence-electron chi connectivity index (χ4n) is 2.66. The summed E-state index contributed by atoms with van der Waals surface area (Å²) in [6, 6.07) is 10.9. The Hall–Kier alpha value is -1.54. The Kier molecular flexibility index (Phi) is 2.52. The van der Waals surface area contributed by atoms with Crippen molar-refractivity contribution in [1.29, 1.82) is 0 Å². The fourth-order valence-corrected chi connectivity index (χ4v) is 2.66. The number of furan rings is 1. The normalized spacial score (nSPS) is 23.4. The van der Waals surface area contributed by atoms with Crippen LogP contribution in [0.25, 0.3) is 0 Å². The van der Waals surface area contributed by atoms with Crippen molar-refractivity contribution in [2.75, 3.05) is 6.54 Å². The van der Waals surface area contributed by atoms with E-state index in [4.69, 9.17) is 4.42 Å².